The van der Waals surface area contributed by atoms with Crippen molar-refractivity contribution in [3.8, 4) is 0 Å². The van der Waals surface area contributed by atoms with Gasteiger partial charge in [0, 0.05) is 31.0 Å². The molecule has 0 amide bonds. The zero-order chi connectivity index (χ0) is 18.7. The molecule has 0 saturated carbocycles. The quantitative estimate of drug-likeness (QED) is 0.468. The Kier molecular flexibility index (Phi) is 3.45. The SMILES string of the molecule is CC1(C)c2c(F)cccc2C(c2cnc3ccccc3c2)=[N+]([O-])C1(C)C. The van der Waals surface area contributed by atoms with Gasteiger partial charge in [0.25, 0.3) is 0 Å². The van der Waals surface area contributed by atoms with Crippen molar-refractivity contribution in [1.82, 2.24) is 4.98 Å². The van der Waals surface area contributed by atoms with Gasteiger partial charge in [0.1, 0.15) is 5.82 Å². The molecule has 0 saturated heterocycles. The molecule has 0 unspecified atom stereocenters. The smallest absolute Gasteiger partial charge is 0.228 e. The number of para-hydroxylation sites is 1. The van der Waals surface area contributed by atoms with Gasteiger partial charge in [-0.05, 0) is 38.1 Å². The van der Waals surface area contributed by atoms with Gasteiger partial charge < -0.3 is 5.21 Å². The van der Waals surface area contributed by atoms with Gasteiger partial charge in [-0.2, -0.15) is 4.74 Å². The normalized spacial score (nSPS) is 18.0. The number of nitrogens with zero attached hydrogens (tertiary/aromatic N) is 2. The van der Waals surface area contributed by atoms with Crippen LogP contribution in [-0.4, -0.2) is 21.0 Å². The Morgan fingerprint density at radius 3 is 2.50 bits per heavy atom. The standard InChI is InChI=1S/C22H21FN2O/c1-21(2)19-16(9-7-10-17(19)23)20(25(26)22(21,3)4)15-12-14-8-5-6-11-18(14)24-13-15/h5-13H,1-4H3. The molecule has 26 heavy (non-hydrogen) atoms. The summed E-state index contributed by atoms with van der Waals surface area (Å²) in [4.78, 5) is 4.49. The molecule has 132 valence electrons. The molecule has 4 rings (SSSR count). The van der Waals surface area contributed by atoms with Crippen LogP contribution in [0.5, 0.6) is 0 Å². The second kappa shape index (κ2) is 5.37. The van der Waals surface area contributed by atoms with E-state index in [9.17, 15) is 9.60 Å². The van der Waals surface area contributed by atoms with Crippen LogP contribution in [0.2, 0.25) is 0 Å². The van der Waals surface area contributed by atoms with Crippen LogP contribution >= 0.6 is 0 Å². The Labute approximate surface area is 152 Å². The van der Waals surface area contributed by atoms with E-state index in [1.807, 2.05) is 64.1 Å². The molecule has 0 radical (unpaired) electrons. The average Bonchev–Trinajstić information content (AvgIpc) is 2.60. The van der Waals surface area contributed by atoms with Crippen molar-refractivity contribution in [3.05, 3.63) is 82.4 Å². The second-order valence-electron chi connectivity index (χ2n) is 7.91. The molecule has 0 atom stereocenters. The molecule has 0 aliphatic carbocycles. The fourth-order valence-corrected chi connectivity index (χ4v) is 3.78. The van der Waals surface area contributed by atoms with Crippen molar-refractivity contribution in [1.29, 1.82) is 0 Å². The summed E-state index contributed by atoms with van der Waals surface area (Å²) in [6.07, 6.45) is 1.70. The predicted molar refractivity (Wildman–Crippen MR) is 102 cm³/mol. The van der Waals surface area contributed by atoms with Crippen molar-refractivity contribution < 1.29 is 9.13 Å². The molecule has 4 heteroatoms. The zero-order valence-electron chi connectivity index (χ0n) is 15.4. The molecular weight excluding hydrogens is 327 g/mol. The number of halogens is 1. The van der Waals surface area contributed by atoms with Crippen LogP contribution in [0.25, 0.3) is 10.9 Å². The van der Waals surface area contributed by atoms with Crippen LogP contribution in [0.1, 0.15) is 44.4 Å². The molecule has 3 nitrogen and oxygen atoms in total. The minimum Gasteiger partial charge on any atom is -0.623 e. The van der Waals surface area contributed by atoms with Crippen molar-refractivity contribution in [2.75, 3.05) is 0 Å². The van der Waals surface area contributed by atoms with Crippen LogP contribution in [0, 0.1) is 11.0 Å². The summed E-state index contributed by atoms with van der Waals surface area (Å²) in [6, 6.07) is 14.7. The lowest BCUT2D eigenvalue weighted by molar-refractivity contribution is -0.555. The predicted octanol–water partition coefficient (Wildman–Crippen LogP) is 4.79. The van der Waals surface area contributed by atoms with Crippen molar-refractivity contribution in [2.45, 2.75) is 38.6 Å². The number of rotatable bonds is 1. The first-order chi connectivity index (χ1) is 12.2. The van der Waals surface area contributed by atoms with E-state index in [-0.39, 0.29) is 5.82 Å². The lowest BCUT2D eigenvalue weighted by atomic mass is 9.65. The number of hydrogen-bond acceptors (Lipinski definition) is 2. The van der Waals surface area contributed by atoms with E-state index >= 15 is 0 Å². The van der Waals surface area contributed by atoms with Gasteiger partial charge in [-0.15, -0.1) is 0 Å². The summed E-state index contributed by atoms with van der Waals surface area (Å²) in [5.41, 5.74) is 1.80. The maximum absolute atomic E-state index is 14.8. The van der Waals surface area contributed by atoms with E-state index in [1.165, 1.54) is 6.07 Å². The van der Waals surface area contributed by atoms with Crippen molar-refractivity contribution >= 4 is 16.6 Å². The third-order valence-corrected chi connectivity index (χ3v) is 6.00. The fraction of sp³-hybridized carbons (Fsp3) is 0.273. The molecular formula is C22H21FN2O. The number of aromatic nitrogens is 1. The number of hydrogen-bond donors (Lipinski definition) is 0. The lowest BCUT2D eigenvalue weighted by Crippen LogP contribution is -2.56. The molecule has 2 aromatic carbocycles. The summed E-state index contributed by atoms with van der Waals surface area (Å²) in [5, 5.41) is 14.4. The highest BCUT2D eigenvalue weighted by molar-refractivity contribution is 6.12. The first-order valence-electron chi connectivity index (χ1n) is 8.74. The molecule has 0 N–H and O–H groups in total. The number of benzene rings is 2. The highest BCUT2D eigenvalue weighted by Crippen LogP contribution is 2.44. The molecule has 1 aliphatic heterocycles. The van der Waals surface area contributed by atoms with Gasteiger partial charge >= 0.3 is 0 Å². The van der Waals surface area contributed by atoms with E-state index in [4.69, 9.17) is 0 Å². The molecule has 0 spiro atoms. The molecule has 0 bridgehead atoms. The van der Waals surface area contributed by atoms with Crippen LogP contribution in [-0.2, 0) is 5.41 Å². The van der Waals surface area contributed by atoms with Gasteiger partial charge in [-0.1, -0.05) is 24.3 Å². The molecule has 2 heterocycles. The summed E-state index contributed by atoms with van der Waals surface area (Å²) in [5.74, 6) is -0.278. The highest BCUT2D eigenvalue weighted by atomic mass is 19.1. The number of fused-ring (bicyclic) bond motifs is 2. The van der Waals surface area contributed by atoms with Crippen molar-refractivity contribution in [2.24, 2.45) is 0 Å². The number of pyridine rings is 1. The Morgan fingerprint density at radius 2 is 1.73 bits per heavy atom. The minimum atomic E-state index is -0.816. The Hall–Kier alpha value is -2.75. The van der Waals surface area contributed by atoms with Crippen LogP contribution in [0.4, 0.5) is 4.39 Å². The zero-order valence-corrected chi connectivity index (χ0v) is 15.4. The van der Waals surface area contributed by atoms with Gasteiger partial charge in [0.05, 0.1) is 22.1 Å². The number of hydroxylamine groups is 1. The Bertz CT molecular complexity index is 1070. The third kappa shape index (κ3) is 2.11. The largest absolute Gasteiger partial charge is 0.623 e. The van der Waals surface area contributed by atoms with E-state index in [0.717, 1.165) is 15.6 Å². The first-order valence-corrected chi connectivity index (χ1v) is 8.74. The van der Waals surface area contributed by atoms with Crippen molar-refractivity contribution in [3.63, 3.8) is 0 Å². The van der Waals surface area contributed by atoms with E-state index in [1.54, 1.807) is 12.3 Å². The molecule has 0 fully saturated rings. The van der Waals surface area contributed by atoms with Crippen LogP contribution < -0.4 is 0 Å². The van der Waals surface area contributed by atoms with E-state index in [0.29, 0.717) is 22.4 Å². The Morgan fingerprint density at radius 1 is 1.00 bits per heavy atom. The van der Waals surface area contributed by atoms with E-state index < -0.39 is 11.0 Å². The van der Waals surface area contributed by atoms with E-state index in [2.05, 4.69) is 4.98 Å². The molecule has 1 aliphatic rings. The van der Waals surface area contributed by atoms with Crippen LogP contribution in [0.15, 0.2) is 54.7 Å². The average molecular weight is 348 g/mol. The minimum absolute atomic E-state index is 0.278. The maximum atomic E-state index is 14.8. The monoisotopic (exact) mass is 348 g/mol. The van der Waals surface area contributed by atoms with Crippen LogP contribution in [0.3, 0.4) is 0 Å². The fourth-order valence-electron chi connectivity index (χ4n) is 3.78. The molecule has 3 aromatic rings. The van der Waals surface area contributed by atoms with Gasteiger partial charge in [0.15, 0.2) is 5.54 Å². The summed E-state index contributed by atoms with van der Waals surface area (Å²) < 4.78 is 15.9. The second-order valence-corrected chi connectivity index (χ2v) is 7.91. The topological polar surface area (TPSA) is 39.0 Å². The summed E-state index contributed by atoms with van der Waals surface area (Å²) in [7, 11) is 0. The maximum Gasteiger partial charge on any atom is 0.228 e. The first kappa shape index (κ1) is 16.7. The molecule has 1 aromatic heterocycles. The third-order valence-electron chi connectivity index (χ3n) is 6.00. The Balaban J connectivity index is 2.07. The summed E-state index contributed by atoms with van der Waals surface area (Å²) >= 11 is 0. The summed E-state index contributed by atoms with van der Waals surface area (Å²) in [6.45, 7) is 7.58. The highest BCUT2D eigenvalue weighted by Gasteiger charge is 2.53. The van der Waals surface area contributed by atoms with Gasteiger partial charge in [-0.3, -0.25) is 4.98 Å². The van der Waals surface area contributed by atoms with Gasteiger partial charge in [-0.25, -0.2) is 4.39 Å². The lowest BCUT2D eigenvalue weighted by Gasteiger charge is -2.44. The van der Waals surface area contributed by atoms with Gasteiger partial charge in [0.2, 0.25) is 5.71 Å².